The van der Waals surface area contributed by atoms with Gasteiger partial charge in [0, 0.05) is 17.8 Å². The van der Waals surface area contributed by atoms with Crippen molar-refractivity contribution >= 4 is 11.6 Å². The Bertz CT molecular complexity index is 1230. The van der Waals surface area contributed by atoms with Crippen molar-refractivity contribution in [3.05, 3.63) is 119 Å². The van der Waals surface area contributed by atoms with Crippen molar-refractivity contribution in [2.24, 2.45) is 16.7 Å². The van der Waals surface area contributed by atoms with Crippen molar-refractivity contribution in [2.75, 3.05) is 0 Å². The first-order chi connectivity index (χ1) is 19.6. The van der Waals surface area contributed by atoms with Gasteiger partial charge in [-0.05, 0) is 78.7 Å². The van der Waals surface area contributed by atoms with Gasteiger partial charge in [0.2, 0.25) is 0 Å². The molecule has 0 N–H and O–H groups in total. The first kappa shape index (κ1) is 36.8. The molecule has 1 aliphatic carbocycles. The minimum atomic E-state index is -0.452. The Morgan fingerprint density at radius 1 is 0.786 bits per heavy atom. The van der Waals surface area contributed by atoms with E-state index in [9.17, 15) is 9.59 Å². The summed E-state index contributed by atoms with van der Waals surface area (Å²) < 4.78 is 0. The van der Waals surface area contributed by atoms with Crippen molar-refractivity contribution in [3.63, 3.8) is 0 Å². The first-order valence-electron chi connectivity index (χ1n) is 15.4. The second-order valence-corrected chi connectivity index (χ2v) is 13.2. The van der Waals surface area contributed by atoms with Crippen LogP contribution in [0.1, 0.15) is 101 Å². The van der Waals surface area contributed by atoms with E-state index in [0.29, 0.717) is 24.2 Å². The molecule has 0 saturated heterocycles. The van der Waals surface area contributed by atoms with Gasteiger partial charge in [-0.15, -0.1) is 0 Å². The first-order valence-corrected chi connectivity index (χ1v) is 15.4. The van der Waals surface area contributed by atoms with E-state index in [1.165, 1.54) is 29.6 Å². The number of Topliss-reactive ketones (excluding diaryl/α,β-unsaturated/α-hetero) is 1. The summed E-state index contributed by atoms with van der Waals surface area (Å²) in [6.07, 6.45) is 35.7. The van der Waals surface area contributed by atoms with Crippen LogP contribution in [0.15, 0.2) is 119 Å². The van der Waals surface area contributed by atoms with Crippen LogP contribution in [0.3, 0.4) is 0 Å². The fourth-order valence-electron chi connectivity index (χ4n) is 4.91. The zero-order valence-corrected chi connectivity index (χ0v) is 28.1. The highest BCUT2D eigenvalue weighted by atomic mass is 16.1. The van der Waals surface area contributed by atoms with Gasteiger partial charge in [0.05, 0.1) is 0 Å². The number of hydrogen-bond acceptors (Lipinski definition) is 2. The molecule has 0 aromatic heterocycles. The molecule has 1 rings (SSSR count). The zero-order chi connectivity index (χ0) is 31.8. The molecular formula is C40H56O2. The molecule has 0 spiro atoms. The highest BCUT2D eigenvalue weighted by molar-refractivity contribution is 5.94. The molecule has 42 heavy (non-hydrogen) atoms. The van der Waals surface area contributed by atoms with Gasteiger partial charge in [0.15, 0.2) is 5.78 Å². The number of rotatable bonds is 15. The Labute approximate surface area is 257 Å². The van der Waals surface area contributed by atoms with E-state index in [4.69, 9.17) is 0 Å². The molecule has 0 bridgehead atoms. The summed E-state index contributed by atoms with van der Waals surface area (Å²) in [7, 11) is 0. The van der Waals surface area contributed by atoms with Gasteiger partial charge in [-0.1, -0.05) is 141 Å². The van der Waals surface area contributed by atoms with Gasteiger partial charge in [0.1, 0.15) is 5.78 Å². The van der Waals surface area contributed by atoms with Gasteiger partial charge < -0.3 is 4.79 Å². The lowest BCUT2D eigenvalue weighted by Crippen LogP contribution is -2.26. The Kier molecular flexibility index (Phi) is 16.0. The highest BCUT2D eigenvalue weighted by Gasteiger charge is 2.30. The lowest BCUT2D eigenvalue weighted by atomic mass is 9.68. The summed E-state index contributed by atoms with van der Waals surface area (Å²) in [5, 5.41) is 0. The quantitative estimate of drug-likeness (QED) is 0.112. The van der Waals surface area contributed by atoms with E-state index >= 15 is 0 Å². The summed E-state index contributed by atoms with van der Waals surface area (Å²) in [4.78, 5) is 23.7. The molecule has 0 radical (unpaired) electrons. The molecule has 0 heterocycles. The topological polar surface area (TPSA) is 34.1 Å². The molecule has 1 atom stereocenters. The smallest absolute Gasteiger partial charge is 0.161 e. The van der Waals surface area contributed by atoms with Crippen LogP contribution in [0.4, 0.5) is 0 Å². The van der Waals surface area contributed by atoms with E-state index in [1.54, 1.807) is 13.0 Å². The number of carbonyl (C=O) groups is 2. The van der Waals surface area contributed by atoms with Gasteiger partial charge in [-0.2, -0.15) is 0 Å². The fourth-order valence-corrected chi connectivity index (χ4v) is 4.91. The van der Waals surface area contributed by atoms with Crippen LogP contribution in [0.5, 0.6) is 0 Å². The normalized spacial score (nSPS) is 19.7. The third-order valence-corrected chi connectivity index (χ3v) is 7.90. The van der Waals surface area contributed by atoms with Gasteiger partial charge >= 0.3 is 0 Å². The minimum absolute atomic E-state index is 0.0942. The fraction of sp³-hybridized carbons (Fsp3) is 0.450. The number of ketones is 2. The van der Waals surface area contributed by atoms with Crippen molar-refractivity contribution < 1.29 is 9.59 Å². The third-order valence-electron chi connectivity index (χ3n) is 7.90. The summed E-state index contributed by atoms with van der Waals surface area (Å²) >= 11 is 0. The summed E-state index contributed by atoms with van der Waals surface area (Å²) in [6, 6.07) is 0. The third kappa shape index (κ3) is 15.1. The monoisotopic (exact) mass is 568 g/mol. The van der Waals surface area contributed by atoms with Crippen molar-refractivity contribution in [1.82, 2.24) is 0 Å². The molecule has 0 aromatic carbocycles. The maximum atomic E-state index is 12.6. The van der Waals surface area contributed by atoms with Crippen LogP contribution in [0, 0.1) is 16.7 Å². The van der Waals surface area contributed by atoms with E-state index in [1.807, 2.05) is 45.1 Å². The summed E-state index contributed by atoms with van der Waals surface area (Å²) in [6.45, 7) is 20.8. The lowest BCUT2D eigenvalue weighted by molar-refractivity contribution is -0.123. The van der Waals surface area contributed by atoms with Crippen molar-refractivity contribution in [2.45, 2.75) is 101 Å². The molecule has 1 aliphatic rings. The van der Waals surface area contributed by atoms with Gasteiger partial charge in [0.25, 0.3) is 0 Å². The Hall–Kier alpha value is -3.26. The van der Waals surface area contributed by atoms with Crippen LogP contribution in [-0.4, -0.2) is 11.6 Å². The molecule has 0 saturated carbocycles. The van der Waals surface area contributed by atoms with Crippen LogP contribution < -0.4 is 0 Å². The van der Waals surface area contributed by atoms with Crippen molar-refractivity contribution in [3.8, 4) is 0 Å². The standard InChI is InChI=1S/C40H56O2/c1-31(19-13-21-33(3)25-27-37-35(5)23-15-29-39(37,7)8)17-11-12-18-32(2)20-14-22-34(4)26-28-38(42)40(9,10)30-16-24-36(6)41/h11-14,17-23,25-28,37H,15-16,24,29-30H2,1-10H3/b12-11+,19-13+,20-14+,27-25+,28-26+,31-17+,32-18+,33-21+,34-22+/t37-/m1/s1. The van der Waals surface area contributed by atoms with Crippen LogP contribution >= 0.6 is 0 Å². The van der Waals surface area contributed by atoms with Crippen LogP contribution in [-0.2, 0) is 9.59 Å². The SMILES string of the molecule is CC(=O)CCCC(C)(C)C(=O)/C=C/C(C)=C/C=C/C(C)=C/C=C/C=C(C)/C=C/C=C(C)/C=C/[C@@H]1C(C)=CCCC1(C)C. The molecule has 0 aromatic rings. The molecule has 2 heteroatoms. The van der Waals surface area contributed by atoms with Gasteiger partial charge in [-0.25, -0.2) is 0 Å². The molecule has 0 unspecified atom stereocenters. The number of allylic oxidation sites excluding steroid dienone is 20. The number of carbonyl (C=O) groups excluding carboxylic acids is 2. The van der Waals surface area contributed by atoms with Gasteiger partial charge in [-0.3, -0.25) is 4.79 Å². The lowest BCUT2D eigenvalue weighted by Gasteiger charge is -2.36. The van der Waals surface area contributed by atoms with Crippen LogP contribution in [0.2, 0.25) is 0 Å². The summed E-state index contributed by atoms with van der Waals surface area (Å²) in [5.74, 6) is 0.779. The zero-order valence-electron chi connectivity index (χ0n) is 28.1. The number of hydrogen-bond donors (Lipinski definition) is 0. The van der Waals surface area contributed by atoms with Crippen molar-refractivity contribution in [1.29, 1.82) is 0 Å². The molecule has 0 amide bonds. The molecular weight excluding hydrogens is 512 g/mol. The Morgan fingerprint density at radius 3 is 1.81 bits per heavy atom. The maximum Gasteiger partial charge on any atom is 0.161 e. The predicted molar refractivity (Wildman–Crippen MR) is 184 cm³/mol. The van der Waals surface area contributed by atoms with E-state index in [0.717, 1.165) is 17.6 Å². The largest absolute Gasteiger partial charge is 0.300 e. The molecule has 0 fully saturated rings. The highest BCUT2D eigenvalue weighted by Crippen LogP contribution is 2.41. The Balaban J connectivity index is 2.60. The van der Waals surface area contributed by atoms with E-state index in [-0.39, 0.29) is 11.6 Å². The Morgan fingerprint density at radius 2 is 1.29 bits per heavy atom. The van der Waals surface area contributed by atoms with E-state index < -0.39 is 5.41 Å². The van der Waals surface area contributed by atoms with Crippen LogP contribution in [0.25, 0.3) is 0 Å². The minimum Gasteiger partial charge on any atom is -0.300 e. The second kappa shape index (κ2) is 18.3. The summed E-state index contributed by atoms with van der Waals surface area (Å²) in [5.41, 5.74) is 5.96. The predicted octanol–water partition coefficient (Wildman–Crippen LogP) is 11.3. The molecule has 0 aliphatic heterocycles. The average molecular weight is 569 g/mol. The maximum absolute atomic E-state index is 12.6. The second-order valence-electron chi connectivity index (χ2n) is 13.2. The molecule has 2 nitrogen and oxygen atoms in total. The van der Waals surface area contributed by atoms with E-state index in [2.05, 4.69) is 102 Å². The average Bonchev–Trinajstić information content (AvgIpc) is 2.88. The molecule has 228 valence electrons.